The van der Waals surface area contributed by atoms with E-state index in [-0.39, 0.29) is 23.8 Å². The van der Waals surface area contributed by atoms with Gasteiger partial charge < -0.3 is 20.5 Å². The van der Waals surface area contributed by atoms with Crippen molar-refractivity contribution in [2.24, 2.45) is 0 Å². The third-order valence-corrected chi connectivity index (χ3v) is 4.86. The molecule has 4 rings (SSSR count). The Labute approximate surface area is 179 Å². The molecule has 3 amide bonds. The molecule has 0 radical (unpaired) electrons. The molecule has 3 aromatic rings. The van der Waals surface area contributed by atoms with Crippen LogP contribution in [0.25, 0.3) is 0 Å². The number of anilines is 2. The van der Waals surface area contributed by atoms with Crippen molar-refractivity contribution in [3.05, 3.63) is 78.4 Å². The third-order valence-electron chi connectivity index (χ3n) is 4.86. The molecule has 3 N–H and O–H groups in total. The summed E-state index contributed by atoms with van der Waals surface area (Å²) in [5.74, 6) is -0.617. The quantitative estimate of drug-likeness (QED) is 0.524. The van der Waals surface area contributed by atoms with Gasteiger partial charge in [-0.15, -0.1) is 0 Å². The highest BCUT2D eigenvalue weighted by Crippen LogP contribution is 2.20. The highest BCUT2D eigenvalue weighted by Gasteiger charge is 2.23. The second-order valence-electron chi connectivity index (χ2n) is 7.46. The fourth-order valence-electron chi connectivity index (χ4n) is 3.05. The van der Waals surface area contributed by atoms with E-state index in [1.807, 2.05) is 4.57 Å². The van der Waals surface area contributed by atoms with Gasteiger partial charge in [0.25, 0.3) is 11.8 Å². The lowest BCUT2D eigenvalue weighted by molar-refractivity contribution is -0.116. The van der Waals surface area contributed by atoms with Crippen LogP contribution < -0.4 is 16.0 Å². The monoisotopic (exact) mass is 417 g/mol. The van der Waals surface area contributed by atoms with E-state index >= 15 is 0 Å². The van der Waals surface area contributed by atoms with Crippen molar-refractivity contribution in [2.75, 3.05) is 10.6 Å². The zero-order chi connectivity index (χ0) is 21.6. The van der Waals surface area contributed by atoms with Crippen LogP contribution >= 0.6 is 0 Å². The summed E-state index contributed by atoms with van der Waals surface area (Å²) in [6.45, 7) is 0.524. The minimum absolute atomic E-state index is 0.140. The molecule has 0 aliphatic heterocycles. The second kappa shape index (κ2) is 9.25. The molecular formula is C23H23N5O3. The van der Waals surface area contributed by atoms with Gasteiger partial charge in [-0.2, -0.15) is 0 Å². The van der Waals surface area contributed by atoms with E-state index in [1.165, 1.54) is 0 Å². The number of nitrogens with zero attached hydrogens (tertiary/aromatic N) is 2. The summed E-state index contributed by atoms with van der Waals surface area (Å²) < 4.78 is 1.82. The Bertz CT molecular complexity index is 1090. The molecule has 0 bridgehead atoms. The number of carbonyl (C=O) groups is 3. The van der Waals surface area contributed by atoms with Gasteiger partial charge in [-0.05, 0) is 49.2 Å². The van der Waals surface area contributed by atoms with Crippen LogP contribution in [-0.4, -0.2) is 33.3 Å². The van der Waals surface area contributed by atoms with E-state index in [1.54, 1.807) is 67.3 Å². The maximum Gasteiger partial charge on any atom is 0.255 e. The predicted octanol–water partition coefficient (Wildman–Crippen LogP) is 3.06. The SMILES string of the molecule is O=C(CCn1ccnc1)Nc1cccc(C(=O)Nc2cccc(C(=O)NC3CC3)c2)c1. The highest BCUT2D eigenvalue weighted by atomic mass is 16.2. The molecule has 1 aliphatic rings. The van der Waals surface area contributed by atoms with Gasteiger partial charge in [-0.3, -0.25) is 14.4 Å². The van der Waals surface area contributed by atoms with E-state index in [0.717, 1.165) is 12.8 Å². The molecule has 1 fully saturated rings. The zero-order valence-electron chi connectivity index (χ0n) is 16.9. The smallest absolute Gasteiger partial charge is 0.255 e. The first kappa shape index (κ1) is 20.3. The van der Waals surface area contributed by atoms with Crippen LogP contribution in [0.3, 0.4) is 0 Å². The van der Waals surface area contributed by atoms with Crippen molar-refractivity contribution >= 4 is 29.1 Å². The molecule has 1 saturated carbocycles. The Morgan fingerprint density at radius 3 is 2.26 bits per heavy atom. The number of hydrogen-bond donors (Lipinski definition) is 3. The molecule has 8 nitrogen and oxygen atoms in total. The number of nitrogens with one attached hydrogen (secondary N) is 3. The normalized spacial score (nSPS) is 12.8. The summed E-state index contributed by atoms with van der Waals surface area (Å²) in [6, 6.07) is 13.8. The summed E-state index contributed by atoms with van der Waals surface area (Å²) in [6.07, 6.45) is 7.43. The van der Waals surface area contributed by atoms with Crippen molar-refractivity contribution in [3.8, 4) is 0 Å². The first-order chi connectivity index (χ1) is 15.1. The van der Waals surface area contributed by atoms with Crippen LogP contribution in [0.5, 0.6) is 0 Å². The molecule has 1 aromatic heterocycles. The van der Waals surface area contributed by atoms with Crippen molar-refractivity contribution < 1.29 is 14.4 Å². The summed E-state index contributed by atoms with van der Waals surface area (Å²) >= 11 is 0. The molecule has 2 aromatic carbocycles. The van der Waals surface area contributed by atoms with Gasteiger partial charge in [-0.25, -0.2) is 4.98 Å². The number of imidazole rings is 1. The molecule has 0 spiro atoms. The van der Waals surface area contributed by atoms with Crippen LogP contribution in [0.4, 0.5) is 11.4 Å². The predicted molar refractivity (Wildman–Crippen MR) is 117 cm³/mol. The average Bonchev–Trinajstić information content (AvgIpc) is 3.43. The molecular weight excluding hydrogens is 394 g/mol. The standard InChI is InChI=1S/C23H23N5O3/c29-21(9-11-28-12-10-24-15-28)25-19-5-1-3-16(13-19)23(31)27-20-6-2-4-17(14-20)22(30)26-18-7-8-18/h1-6,10,12-15,18H,7-9,11H2,(H,25,29)(H,26,30)(H,27,31). The molecule has 31 heavy (non-hydrogen) atoms. The lowest BCUT2D eigenvalue weighted by Gasteiger charge is -2.10. The van der Waals surface area contributed by atoms with Gasteiger partial charge in [0.15, 0.2) is 0 Å². The molecule has 0 atom stereocenters. The van der Waals surface area contributed by atoms with Crippen molar-refractivity contribution in [1.29, 1.82) is 0 Å². The first-order valence-corrected chi connectivity index (χ1v) is 10.1. The molecule has 1 aliphatic carbocycles. The lowest BCUT2D eigenvalue weighted by Crippen LogP contribution is -2.25. The van der Waals surface area contributed by atoms with Crippen LogP contribution in [-0.2, 0) is 11.3 Å². The summed E-state index contributed by atoms with van der Waals surface area (Å²) in [5, 5.41) is 8.54. The van der Waals surface area contributed by atoms with Crippen molar-refractivity contribution in [1.82, 2.24) is 14.9 Å². The fraction of sp³-hybridized carbons (Fsp3) is 0.217. The van der Waals surface area contributed by atoms with Crippen molar-refractivity contribution in [2.45, 2.75) is 31.8 Å². The van der Waals surface area contributed by atoms with Crippen LogP contribution in [0.2, 0.25) is 0 Å². The minimum atomic E-state index is -0.325. The number of benzene rings is 2. The van der Waals surface area contributed by atoms with Crippen LogP contribution in [0.1, 0.15) is 40.0 Å². The molecule has 8 heteroatoms. The number of aromatic nitrogens is 2. The molecule has 158 valence electrons. The van der Waals surface area contributed by atoms with Gasteiger partial charge in [0, 0.05) is 53.9 Å². The largest absolute Gasteiger partial charge is 0.349 e. The van der Waals surface area contributed by atoms with E-state index in [9.17, 15) is 14.4 Å². The number of aryl methyl sites for hydroxylation is 1. The average molecular weight is 417 g/mol. The zero-order valence-corrected chi connectivity index (χ0v) is 16.9. The van der Waals surface area contributed by atoms with Crippen LogP contribution in [0.15, 0.2) is 67.3 Å². The summed E-state index contributed by atoms with van der Waals surface area (Å²) in [4.78, 5) is 41.0. The third kappa shape index (κ3) is 5.79. The Morgan fingerprint density at radius 2 is 1.61 bits per heavy atom. The Hall–Kier alpha value is -3.94. The molecule has 0 unspecified atom stereocenters. The van der Waals surface area contributed by atoms with Gasteiger partial charge in [0.2, 0.25) is 5.91 Å². The van der Waals surface area contributed by atoms with Gasteiger partial charge in [0.1, 0.15) is 0 Å². The van der Waals surface area contributed by atoms with Crippen molar-refractivity contribution in [3.63, 3.8) is 0 Å². The maximum atomic E-state index is 12.7. The number of hydrogen-bond acceptors (Lipinski definition) is 4. The molecule has 0 saturated heterocycles. The Morgan fingerprint density at radius 1 is 0.935 bits per heavy atom. The lowest BCUT2D eigenvalue weighted by atomic mass is 10.1. The Balaban J connectivity index is 1.35. The number of amides is 3. The summed E-state index contributed by atoms with van der Waals surface area (Å²) in [7, 11) is 0. The fourth-order valence-corrected chi connectivity index (χ4v) is 3.05. The van der Waals surface area contributed by atoms with Crippen LogP contribution in [0, 0.1) is 0 Å². The number of rotatable bonds is 8. The van der Waals surface area contributed by atoms with Gasteiger partial charge in [0.05, 0.1) is 6.33 Å². The maximum absolute atomic E-state index is 12.7. The van der Waals surface area contributed by atoms with Gasteiger partial charge in [-0.1, -0.05) is 12.1 Å². The van der Waals surface area contributed by atoms with E-state index in [0.29, 0.717) is 35.5 Å². The topological polar surface area (TPSA) is 105 Å². The minimum Gasteiger partial charge on any atom is -0.349 e. The summed E-state index contributed by atoms with van der Waals surface area (Å²) in [5.41, 5.74) is 1.98. The van der Waals surface area contributed by atoms with E-state index in [4.69, 9.17) is 0 Å². The second-order valence-corrected chi connectivity index (χ2v) is 7.46. The first-order valence-electron chi connectivity index (χ1n) is 10.1. The van der Waals surface area contributed by atoms with E-state index < -0.39 is 0 Å². The highest BCUT2D eigenvalue weighted by molar-refractivity contribution is 6.06. The molecule has 1 heterocycles. The Kier molecular flexibility index (Phi) is 6.07. The van der Waals surface area contributed by atoms with E-state index in [2.05, 4.69) is 20.9 Å². The number of carbonyl (C=O) groups excluding carboxylic acids is 3. The van der Waals surface area contributed by atoms with Gasteiger partial charge >= 0.3 is 0 Å².